The molecule has 3 heterocycles. The van der Waals surface area contributed by atoms with Gasteiger partial charge in [0, 0.05) is 54.3 Å². The topological polar surface area (TPSA) is 6.48 Å². The van der Waals surface area contributed by atoms with E-state index in [2.05, 4.69) is 242 Å². The van der Waals surface area contributed by atoms with Gasteiger partial charge in [-0.15, -0.1) is 11.3 Å². The summed E-state index contributed by atoms with van der Waals surface area (Å²) in [5, 5.41) is 2.67. The lowest BCUT2D eigenvalue weighted by molar-refractivity contribution is 0.589. The number of nitrogens with zero attached hydrogens (tertiary/aromatic N) is 2. The van der Waals surface area contributed by atoms with Gasteiger partial charge in [-0.1, -0.05) is 172 Å². The first-order valence-corrected chi connectivity index (χ1v) is 23.7. The Morgan fingerprint density at radius 3 is 1.58 bits per heavy atom. The van der Waals surface area contributed by atoms with Crippen LogP contribution in [0, 0.1) is 0 Å². The Balaban J connectivity index is 1.17. The monoisotopic (exact) mass is 846 g/mol. The molecule has 0 saturated heterocycles. The maximum Gasteiger partial charge on any atom is 0.252 e. The fourth-order valence-corrected chi connectivity index (χ4v) is 11.3. The molecule has 0 unspecified atom stereocenters. The van der Waals surface area contributed by atoms with Crippen molar-refractivity contribution in [1.82, 2.24) is 0 Å². The Morgan fingerprint density at radius 1 is 0.391 bits per heavy atom. The molecule has 11 rings (SSSR count). The molecular weight excluding hydrogens is 792 g/mol. The zero-order chi connectivity index (χ0) is 44.3. The first-order chi connectivity index (χ1) is 30.6. The maximum atomic E-state index is 2.58. The van der Waals surface area contributed by atoms with Gasteiger partial charge in [-0.25, -0.2) is 0 Å². The van der Waals surface area contributed by atoms with E-state index < -0.39 is 0 Å². The highest BCUT2D eigenvalue weighted by molar-refractivity contribution is 7.26. The van der Waals surface area contributed by atoms with Gasteiger partial charge in [-0.3, -0.25) is 0 Å². The van der Waals surface area contributed by atoms with Crippen LogP contribution in [0.2, 0.25) is 0 Å². The predicted octanol–water partition coefficient (Wildman–Crippen LogP) is 15.4. The van der Waals surface area contributed by atoms with E-state index in [4.69, 9.17) is 0 Å². The third-order valence-corrected chi connectivity index (χ3v) is 14.9. The van der Waals surface area contributed by atoms with Crippen molar-refractivity contribution in [3.8, 4) is 22.3 Å². The van der Waals surface area contributed by atoms with Crippen molar-refractivity contribution in [1.29, 1.82) is 0 Å². The zero-order valence-electron chi connectivity index (χ0n) is 38.5. The molecule has 0 aliphatic carbocycles. The number of anilines is 6. The lowest BCUT2D eigenvalue weighted by Crippen LogP contribution is -2.61. The van der Waals surface area contributed by atoms with E-state index in [0.717, 1.165) is 5.69 Å². The van der Waals surface area contributed by atoms with Gasteiger partial charge in [0.1, 0.15) is 0 Å². The van der Waals surface area contributed by atoms with Crippen molar-refractivity contribution >= 4 is 88.7 Å². The third kappa shape index (κ3) is 6.60. The van der Waals surface area contributed by atoms with E-state index in [1.165, 1.54) is 104 Å². The van der Waals surface area contributed by atoms with Crippen molar-refractivity contribution in [2.45, 2.75) is 78.6 Å². The predicted molar refractivity (Wildman–Crippen MR) is 280 cm³/mol. The van der Waals surface area contributed by atoms with Gasteiger partial charge < -0.3 is 9.80 Å². The minimum Gasteiger partial charge on any atom is -0.311 e. The number of hydrogen-bond acceptors (Lipinski definition) is 3. The maximum absolute atomic E-state index is 2.58. The summed E-state index contributed by atoms with van der Waals surface area (Å²) in [6.45, 7) is 21.1. The van der Waals surface area contributed by atoms with Gasteiger partial charge >= 0.3 is 0 Å². The fraction of sp³-hybridized carbons (Fsp3) is 0.200. The van der Waals surface area contributed by atoms with Crippen molar-refractivity contribution < 1.29 is 0 Å². The van der Waals surface area contributed by atoms with Crippen LogP contribution in [0.25, 0.3) is 42.4 Å². The first-order valence-electron chi connectivity index (χ1n) is 22.9. The first kappa shape index (κ1) is 40.4. The lowest BCUT2D eigenvalue weighted by Gasteiger charge is -2.45. The molecule has 0 amide bonds. The highest BCUT2D eigenvalue weighted by Gasteiger charge is 2.45. The Labute approximate surface area is 383 Å². The smallest absolute Gasteiger partial charge is 0.252 e. The fourth-order valence-electron chi connectivity index (χ4n) is 10.2. The molecule has 0 fully saturated rings. The standard InChI is InChI=1S/C60H55BN2S/c1-58(2,3)41-27-33-50-49(34-41)61-48-32-26-42(59(4,5)6)35-51(48)63(45-28-22-39(23-29-45)38-16-11-10-12-17-38)53-37-43(60(7,8)9)36-52(57(53)61)62(50)44-30-24-40(25-31-44)46-19-15-21-55-56(46)47-18-13-14-20-54(47)64-55/h10-37H,1-9H3. The Kier molecular flexibility index (Phi) is 9.21. The number of benzene rings is 8. The van der Waals surface area contributed by atoms with Gasteiger partial charge in [0.2, 0.25) is 0 Å². The summed E-state index contributed by atoms with van der Waals surface area (Å²) >= 11 is 1.88. The molecule has 314 valence electrons. The summed E-state index contributed by atoms with van der Waals surface area (Å²) in [4.78, 5) is 5.15. The summed E-state index contributed by atoms with van der Waals surface area (Å²) in [6.07, 6.45) is 0. The number of thiophene rings is 1. The lowest BCUT2D eigenvalue weighted by atomic mass is 9.33. The molecule has 9 aromatic rings. The number of hydrogen-bond donors (Lipinski definition) is 0. The van der Waals surface area contributed by atoms with Gasteiger partial charge in [0.15, 0.2) is 0 Å². The van der Waals surface area contributed by atoms with E-state index in [1.807, 2.05) is 11.3 Å². The van der Waals surface area contributed by atoms with Crippen LogP contribution < -0.4 is 26.2 Å². The molecular formula is C60H55BN2S. The molecule has 0 atom stereocenters. The van der Waals surface area contributed by atoms with Crippen molar-refractivity contribution in [2.24, 2.45) is 0 Å². The summed E-state index contributed by atoms with van der Waals surface area (Å²) in [6, 6.07) is 64.6. The van der Waals surface area contributed by atoms with Gasteiger partial charge in [-0.2, -0.15) is 0 Å². The molecule has 0 saturated carbocycles. The second-order valence-electron chi connectivity index (χ2n) is 21.1. The Hall–Kier alpha value is -6.36. The van der Waals surface area contributed by atoms with Crippen molar-refractivity contribution in [3.05, 3.63) is 187 Å². The zero-order valence-corrected chi connectivity index (χ0v) is 39.4. The normalized spacial score (nSPS) is 13.6. The van der Waals surface area contributed by atoms with Crippen LogP contribution in [-0.4, -0.2) is 6.71 Å². The Bertz CT molecular complexity index is 3270. The van der Waals surface area contributed by atoms with Crippen molar-refractivity contribution in [2.75, 3.05) is 9.80 Å². The van der Waals surface area contributed by atoms with Crippen LogP contribution >= 0.6 is 11.3 Å². The van der Waals surface area contributed by atoms with E-state index in [1.54, 1.807) is 0 Å². The number of rotatable bonds is 4. The number of fused-ring (bicyclic) bond motifs is 7. The summed E-state index contributed by atoms with van der Waals surface area (Å²) in [5.41, 5.74) is 20.2. The van der Waals surface area contributed by atoms with E-state index >= 15 is 0 Å². The second kappa shape index (κ2) is 14.6. The second-order valence-corrected chi connectivity index (χ2v) is 22.1. The van der Waals surface area contributed by atoms with Crippen LogP contribution in [0.15, 0.2) is 170 Å². The molecule has 0 N–H and O–H groups in total. The highest BCUT2D eigenvalue weighted by atomic mass is 32.1. The molecule has 4 heteroatoms. The van der Waals surface area contributed by atoms with E-state index in [-0.39, 0.29) is 23.0 Å². The van der Waals surface area contributed by atoms with E-state index in [0.29, 0.717) is 0 Å². The molecule has 0 spiro atoms. The third-order valence-electron chi connectivity index (χ3n) is 13.7. The summed E-state index contributed by atoms with van der Waals surface area (Å²) in [7, 11) is 0. The summed E-state index contributed by atoms with van der Waals surface area (Å²) < 4.78 is 2.66. The highest BCUT2D eigenvalue weighted by Crippen LogP contribution is 2.48. The van der Waals surface area contributed by atoms with Crippen molar-refractivity contribution in [3.63, 3.8) is 0 Å². The van der Waals surface area contributed by atoms with Crippen LogP contribution in [0.4, 0.5) is 34.1 Å². The molecule has 64 heavy (non-hydrogen) atoms. The molecule has 0 bridgehead atoms. The molecule has 8 aromatic carbocycles. The van der Waals surface area contributed by atoms with Gasteiger partial charge in [0.05, 0.1) is 0 Å². The molecule has 2 aliphatic rings. The minimum absolute atomic E-state index is 0.0202. The largest absolute Gasteiger partial charge is 0.311 e. The van der Waals surface area contributed by atoms with Crippen LogP contribution in [0.3, 0.4) is 0 Å². The average molecular weight is 847 g/mol. The van der Waals surface area contributed by atoms with E-state index in [9.17, 15) is 0 Å². The minimum atomic E-state index is -0.106. The molecule has 2 aliphatic heterocycles. The average Bonchev–Trinajstić information content (AvgIpc) is 3.67. The van der Waals surface area contributed by atoms with Gasteiger partial charge in [0.25, 0.3) is 6.71 Å². The van der Waals surface area contributed by atoms with Crippen LogP contribution in [0.5, 0.6) is 0 Å². The molecule has 0 radical (unpaired) electrons. The molecule has 2 nitrogen and oxygen atoms in total. The van der Waals surface area contributed by atoms with Gasteiger partial charge in [-0.05, 0) is 132 Å². The van der Waals surface area contributed by atoms with Crippen LogP contribution in [0.1, 0.15) is 79.0 Å². The Morgan fingerprint density at radius 2 is 0.922 bits per heavy atom. The molecule has 1 aromatic heterocycles. The SMILES string of the molecule is CC(C)(C)c1ccc2c(c1)B1c3ccc(C(C)(C)C)cc3N(c3ccc(-c4ccccc4)cc3)c3cc(C(C)(C)C)cc(c31)N2c1ccc(-c2cccc3sc4ccccc4c23)cc1. The summed E-state index contributed by atoms with van der Waals surface area (Å²) in [5.74, 6) is 0. The quantitative estimate of drug-likeness (QED) is 0.163. The van der Waals surface area contributed by atoms with Crippen LogP contribution in [-0.2, 0) is 16.2 Å².